The van der Waals surface area contributed by atoms with Gasteiger partial charge in [-0.3, -0.25) is 0 Å². The molecule has 1 aromatic carbocycles. The van der Waals surface area contributed by atoms with Gasteiger partial charge in [-0.05, 0) is 59.9 Å². The number of hydrogen-bond donors (Lipinski definition) is 1. The number of halogens is 1. The van der Waals surface area contributed by atoms with Crippen LogP contribution in [0, 0.1) is 11.8 Å². The molecule has 104 valence electrons. The van der Waals surface area contributed by atoms with Crippen LogP contribution in [0.1, 0.15) is 44.7 Å². The van der Waals surface area contributed by atoms with Gasteiger partial charge >= 0.3 is 0 Å². The Labute approximate surface area is 125 Å². The van der Waals surface area contributed by atoms with Crippen molar-refractivity contribution >= 4 is 15.9 Å². The van der Waals surface area contributed by atoms with Gasteiger partial charge < -0.3 is 10.1 Å². The lowest BCUT2D eigenvalue weighted by atomic mass is 10.0. The molecule has 0 bridgehead atoms. The van der Waals surface area contributed by atoms with Crippen molar-refractivity contribution in [2.45, 2.75) is 39.2 Å². The van der Waals surface area contributed by atoms with Crippen LogP contribution in [0.2, 0.25) is 0 Å². The summed E-state index contributed by atoms with van der Waals surface area (Å²) in [6.07, 6.45) is 3.08. The van der Waals surface area contributed by atoms with Gasteiger partial charge in [-0.2, -0.15) is 0 Å². The van der Waals surface area contributed by atoms with Crippen molar-refractivity contribution < 1.29 is 4.74 Å². The maximum absolute atomic E-state index is 5.27. The quantitative estimate of drug-likeness (QED) is 0.755. The average molecular weight is 324 g/mol. The van der Waals surface area contributed by atoms with Gasteiger partial charge in [0.15, 0.2) is 0 Å². The Hall–Kier alpha value is -0.980. The van der Waals surface area contributed by atoms with Crippen LogP contribution in [0.3, 0.4) is 0 Å². The molecule has 1 unspecified atom stereocenters. The van der Waals surface area contributed by atoms with E-state index in [1.54, 1.807) is 7.11 Å². The second-order valence-corrected chi connectivity index (χ2v) is 5.22. The second-order valence-electron chi connectivity index (χ2n) is 4.37. The van der Waals surface area contributed by atoms with Gasteiger partial charge in [0.2, 0.25) is 0 Å². The van der Waals surface area contributed by atoms with E-state index in [1.165, 1.54) is 5.56 Å². The minimum atomic E-state index is 0.350. The van der Waals surface area contributed by atoms with E-state index >= 15 is 0 Å². The first-order chi connectivity index (χ1) is 9.22. The van der Waals surface area contributed by atoms with Gasteiger partial charge in [-0.25, -0.2) is 0 Å². The molecule has 0 aliphatic rings. The first-order valence-corrected chi connectivity index (χ1v) is 7.48. The lowest BCUT2D eigenvalue weighted by Gasteiger charge is -2.19. The van der Waals surface area contributed by atoms with E-state index in [0.717, 1.165) is 36.0 Å². The normalized spacial score (nSPS) is 11.6. The average Bonchev–Trinajstić information content (AvgIpc) is 2.42. The second kappa shape index (κ2) is 9.01. The van der Waals surface area contributed by atoms with E-state index in [-0.39, 0.29) is 0 Å². The van der Waals surface area contributed by atoms with E-state index in [1.807, 2.05) is 13.0 Å². The summed E-state index contributed by atoms with van der Waals surface area (Å²) < 4.78 is 6.27. The third kappa shape index (κ3) is 5.26. The maximum Gasteiger partial charge on any atom is 0.133 e. The monoisotopic (exact) mass is 323 g/mol. The van der Waals surface area contributed by atoms with Gasteiger partial charge in [-0.15, -0.1) is 11.8 Å². The zero-order valence-corrected chi connectivity index (χ0v) is 13.5. The molecule has 0 radical (unpaired) electrons. The standard InChI is InChI=1S/C16H22BrNO/c1-4-6-7-8-15(18-11-5-2)13-9-10-16(19-3)14(17)12-13/h9-10,12,15,18H,5,7-8,11H2,1-3H3. The molecule has 1 aromatic rings. The van der Waals surface area contributed by atoms with Crippen molar-refractivity contribution in [3.8, 4) is 17.6 Å². The van der Waals surface area contributed by atoms with Crippen molar-refractivity contribution in [2.24, 2.45) is 0 Å². The molecule has 0 fully saturated rings. The highest BCUT2D eigenvalue weighted by molar-refractivity contribution is 9.10. The molecule has 0 aliphatic carbocycles. The first-order valence-electron chi connectivity index (χ1n) is 6.69. The minimum Gasteiger partial charge on any atom is -0.496 e. The zero-order chi connectivity index (χ0) is 14.1. The number of rotatable bonds is 7. The lowest BCUT2D eigenvalue weighted by Crippen LogP contribution is -2.22. The largest absolute Gasteiger partial charge is 0.496 e. The molecule has 1 rings (SSSR count). The van der Waals surface area contributed by atoms with Crippen molar-refractivity contribution in [3.05, 3.63) is 28.2 Å². The van der Waals surface area contributed by atoms with E-state index in [9.17, 15) is 0 Å². The molecule has 0 spiro atoms. The predicted molar refractivity (Wildman–Crippen MR) is 84.4 cm³/mol. The molecule has 19 heavy (non-hydrogen) atoms. The molecule has 0 aromatic heterocycles. The van der Waals surface area contributed by atoms with E-state index in [0.29, 0.717) is 6.04 Å². The predicted octanol–water partition coefficient (Wildman–Crippen LogP) is 4.30. The Morgan fingerprint density at radius 2 is 2.21 bits per heavy atom. The highest BCUT2D eigenvalue weighted by Gasteiger charge is 2.11. The Balaban J connectivity index is 2.81. The van der Waals surface area contributed by atoms with Gasteiger partial charge in [0.25, 0.3) is 0 Å². The van der Waals surface area contributed by atoms with Gasteiger partial charge in [0.05, 0.1) is 11.6 Å². The summed E-state index contributed by atoms with van der Waals surface area (Å²) in [7, 11) is 1.68. The molecule has 2 nitrogen and oxygen atoms in total. The Bertz CT molecular complexity index is 448. The molecular weight excluding hydrogens is 302 g/mol. The Morgan fingerprint density at radius 3 is 2.79 bits per heavy atom. The fraction of sp³-hybridized carbons (Fsp3) is 0.500. The third-order valence-corrected chi connectivity index (χ3v) is 3.57. The van der Waals surface area contributed by atoms with Crippen LogP contribution >= 0.6 is 15.9 Å². The molecule has 0 saturated heterocycles. The highest BCUT2D eigenvalue weighted by atomic mass is 79.9. The van der Waals surface area contributed by atoms with Crippen molar-refractivity contribution in [2.75, 3.05) is 13.7 Å². The Kier molecular flexibility index (Phi) is 7.62. The molecule has 1 atom stereocenters. The first kappa shape index (κ1) is 16.1. The molecule has 0 amide bonds. The van der Waals surface area contributed by atoms with Crippen LogP contribution in [0.4, 0.5) is 0 Å². The van der Waals surface area contributed by atoms with Crippen LogP contribution < -0.4 is 10.1 Å². The van der Waals surface area contributed by atoms with Crippen LogP contribution in [0.25, 0.3) is 0 Å². The van der Waals surface area contributed by atoms with Crippen molar-refractivity contribution in [1.29, 1.82) is 0 Å². The smallest absolute Gasteiger partial charge is 0.133 e. The highest BCUT2D eigenvalue weighted by Crippen LogP contribution is 2.29. The van der Waals surface area contributed by atoms with E-state index in [4.69, 9.17) is 4.74 Å². The van der Waals surface area contributed by atoms with Crippen molar-refractivity contribution in [3.63, 3.8) is 0 Å². The summed E-state index contributed by atoms with van der Waals surface area (Å²) in [5, 5.41) is 3.58. The van der Waals surface area contributed by atoms with Crippen LogP contribution in [0.15, 0.2) is 22.7 Å². The summed E-state index contributed by atoms with van der Waals surface area (Å²) in [4.78, 5) is 0. The molecular formula is C16H22BrNO. The molecule has 0 heterocycles. The molecule has 1 N–H and O–H groups in total. The van der Waals surface area contributed by atoms with Crippen LogP contribution in [-0.4, -0.2) is 13.7 Å². The summed E-state index contributed by atoms with van der Waals surface area (Å²) >= 11 is 3.54. The maximum atomic E-state index is 5.27. The summed E-state index contributed by atoms with van der Waals surface area (Å²) in [5.74, 6) is 6.96. The number of hydrogen-bond acceptors (Lipinski definition) is 2. The number of benzene rings is 1. The number of nitrogens with one attached hydrogen (secondary N) is 1. The zero-order valence-electron chi connectivity index (χ0n) is 11.9. The topological polar surface area (TPSA) is 21.3 Å². The SMILES string of the molecule is CC#CCCC(NCCC)c1ccc(OC)c(Br)c1. The van der Waals surface area contributed by atoms with E-state index in [2.05, 4.69) is 52.1 Å². The van der Waals surface area contributed by atoms with Gasteiger partial charge in [0, 0.05) is 12.5 Å². The summed E-state index contributed by atoms with van der Waals surface area (Å²) in [6, 6.07) is 6.61. The number of methoxy groups -OCH3 is 1. The minimum absolute atomic E-state index is 0.350. The Morgan fingerprint density at radius 1 is 1.42 bits per heavy atom. The summed E-state index contributed by atoms with van der Waals surface area (Å²) in [5.41, 5.74) is 1.28. The van der Waals surface area contributed by atoms with Crippen LogP contribution in [0.5, 0.6) is 5.75 Å². The lowest BCUT2D eigenvalue weighted by molar-refractivity contribution is 0.411. The fourth-order valence-corrected chi connectivity index (χ4v) is 2.50. The van der Waals surface area contributed by atoms with E-state index < -0.39 is 0 Å². The summed E-state index contributed by atoms with van der Waals surface area (Å²) in [6.45, 7) is 5.09. The molecule has 0 saturated carbocycles. The molecule has 0 aliphatic heterocycles. The van der Waals surface area contributed by atoms with Gasteiger partial charge in [-0.1, -0.05) is 13.0 Å². The van der Waals surface area contributed by atoms with Crippen LogP contribution in [-0.2, 0) is 0 Å². The van der Waals surface area contributed by atoms with Gasteiger partial charge in [0.1, 0.15) is 5.75 Å². The van der Waals surface area contributed by atoms with Crippen molar-refractivity contribution in [1.82, 2.24) is 5.32 Å². The molecule has 3 heteroatoms. The fourth-order valence-electron chi connectivity index (χ4n) is 1.95. The third-order valence-electron chi connectivity index (χ3n) is 2.95. The number of ether oxygens (including phenoxy) is 1.